The molecule has 0 amide bonds. The molecular weight excluding hydrogens is 427 g/mol. The molecule has 1 saturated heterocycles. The van der Waals surface area contributed by atoms with Gasteiger partial charge in [0.25, 0.3) is 0 Å². The van der Waals surface area contributed by atoms with Crippen molar-refractivity contribution in [1.29, 1.82) is 0 Å². The van der Waals surface area contributed by atoms with E-state index in [0.717, 1.165) is 51.9 Å². The Morgan fingerprint density at radius 2 is 2.04 bits per heavy atom. The maximum atomic E-state index is 5.39. The fourth-order valence-corrected chi connectivity index (χ4v) is 3.32. The quantitative estimate of drug-likeness (QED) is 0.391. The SMILES string of the molecule is CCNC(=NCCN1CCOCC1)NC1CC1c1ccccc1C.I. The topological polar surface area (TPSA) is 48.9 Å². The van der Waals surface area contributed by atoms with Crippen LogP contribution in [0.25, 0.3) is 0 Å². The monoisotopic (exact) mass is 458 g/mol. The summed E-state index contributed by atoms with van der Waals surface area (Å²) in [5.41, 5.74) is 2.86. The summed E-state index contributed by atoms with van der Waals surface area (Å²) in [5.74, 6) is 1.57. The molecule has 2 aliphatic rings. The van der Waals surface area contributed by atoms with Gasteiger partial charge in [-0.05, 0) is 31.4 Å². The number of morpholine rings is 1. The van der Waals surface area contributed by atoms with Crippen molar-refractivity contribution < 1.29 is 4.74 Å². The molecule has 1 aliphatic carbocycles. The lowest BCUT2D eigenvalue weighted by Crippen LogP contribution is -2.41. The zero-order valence-corrected chi connectivity index (χ0v) is 17.7. The van der Waals surface area contributed by atoms with Gasteiger partial charge in [-0.1, -0.05) is 24.3 Å². The Balaban J connectivity index is 0.00000225. The highest BCUT2D eigenvalue weighted by Gasteiger charge is 2.39. The number of hydrogen-bond acceptors (Lipinski definition) is 3. The molecule has 2 fully saturated rings. The molecule has 1 aromatic rings. The molecule has 5 nitrogen and oxygen atoms in total. The van der Waals surface area contributed by atoms with E-state index in [2.05, 4.69) is 53.6 Å². The Labute approximate surface area is 168 Å². The van der Waals surface area contributed by atoms with Gasteiger partial charge in [-0.25, -0.2) is 0 Å². The molecule has 2 unspecified atom stereocenters. The highest BCUT2D eigenvalue weighted by molar-refractivity contribution is 14.0. The smallest absolute Gasteiger partial charge is 0.191 e. The van der Waals surface area contributed by atoms with Crippen molar-refractivity contribution in [2.24, 2.45) is 4.99 Å². The third-order valence-corrected chi connectivity index (χ3v) is 4.83. The third kappa shape index (κ3) is 6.11. The van der Waals surface area contributed by atoms with Gasteiger partial charge in [0.05, 0.1) is 19.8 Å². The van der Waals surface area contributed by atoms with Gasteiger partial charge in [0, 0.05) is 38.1 Å². The van der Waals surface area contributed by atoms with Crippen LogP contribution >= 0.6 is 24.0 Å². The van der Waals surface area contributed by atoms with E-state index in [0.29, 0.717) is 12.0 Å². The average molecular weight is 458 g/mol. The van der Waals surface area contributed by atoms with Crippen LogP contribution in [0.2, 0.25) is 0 Å². The second-order valence-electron chi connectivity index (χ2n) is 6.66. The van der Waals surface area contributed by atoms with Gasteiger partial charge in [0.2, 0.25) is 0 Å². The zero-order valence-electron chi connectivity index (χ0n) is 15.3. The normalized spacial score (nSPS) is 23.7. The van der Waals surface area contributed by atoms with E-state index in [1.807, 2.05) is 0 Å². The second-order valence-corrected chi connectivity index (χ2v) is 6.66. The minimum atomic E-state index is 0. The lowest BCUT2D eigenvalue weighted by Gasteiger charge is -2.25. The highest BCUT2D eigenvalue weighted by Crippen LogP contribution is 2.41. The molecule has 2 atom stereocenters. The van der Waals surface area contributed by atoms with E-state index >= 15 is 0 Å². The minimum Gasteiger partial charge on any atom is -0.379 e. The molecule has 6 heteroatoms. The van der Waals surface area contributed by atoms with Crippen molar-refractivity contribution in [2.45, 2.75) is 32.2 Å². The minimum absolute atomic E-state index is 0. The Kier molecular flexibility index (Phi) is 8.45. The fraction of sp³-hybridized carbons (Fsp3) is 0.632. The number of halogens is 1. The lowest BCUT2D eigenvalue weighted by atomic mass is 10.0. The average Bonchev–Trinajstić information content (AvgIpc) is 3.35. The molecule has 3 rings (SSSR count). The van der Waals surface area contributed by atoms with Gasteiger partial charge in [-0.3, -0.25) is 9.89 Å². The summed E-state index contributed by atoms with van der Waals surface area (Å²) < 4.78 is 5.39. The number of hydrogen-bond donors (Lipinski definition) is 2. The first-order valence-corrected chi connectivity index (χ1v) is 9.18. The summed E-state index contributed by atoms with van der Waals surface area (Å²) >= 11 is 0. The molecule has 0 bridgehead atoms. The van der Waals surface area contributed by atoms with Gasteiger partial charge in [0.15, 0.2) is 5.96 Å². The molecule has 0 radical (unpaired) electrons. The van der Waals surface area contributed by atoms with Crippen LogP contribution in [0.4, 0.5) is 0 Å². The van der Waals surface area contributed by atoms with Crippen LogP contribution in [-0.4, -0.2) is 62.8 Å². The van der Waals surface area contributed by atoms with E-state index in [4.69, 9.17) is 9.73 Å². The third-order valence-electron chi connectivity index (χ3n) is 4.83. The second kappa shape index (κ2) is 10.3. The molecule has 1 saturated carbocycles. The predicted molar refractivity (Wildman–Crippen MR) is 114 cm³/mol. The van der Waals surface area contributed by atoms with Crippen molar-refractivity contribution in [2.75, 3.05) is 45.9 Å². The van der Waals surface area contributed by atoms with Crippen LogP contribution in [-0.2, 0) is 4.74 Å². The van der Waals surface area contributed by atoms with Gasteiger partial charge in [0.1, 0.15) is 0 Å². The maximum Gasteiger partial charge on any atom is 0.191 e. The molecular formula is C19H31IN4O. The van der Waals surface area contributed by atoms with Gasteiger partial charge < -0.3 is 15.4 Å². The maximum absolute atomic E-state index is 5.39. The van der Waals surface area contributed by atoms with Crippen molar-refractivity contribution in [3.05, 3.63) is 35.4 Å². The summed E-state index contributed by atoms with van der Waals surface area (Å²) in [7, 11) is 0. The Morgan fingerprint density at radius 1 is 1.28 bits per heavy atom. The van der Waals surface area contributed by atoms with Gasteiger partial charge in [-0.2, -0.15) is 0 Å². The number of rotatable bonds is 6. The largest absolute Gasteiger partial charge is 0.379 e. The van der Waals surface area contributed by atoms with E-state index in [9.17, 15) is 0 Å². The Hall–Kier alpha value is -0.860. The number of nitrogens with one attached hydrogen (secondary N) is 2. The molecule has 1 heterocycles. The van der Waals surface area contributed by atoms with E-state index in [1.54, 1.807) is 0 Å². The summed E-state index contributed by atoms with van der Waals surface area (Å²) in [5, 5.41) is 6.98. The van der Waals surface area contributed by atoms with E-state index < -0.39 is 0 Å². The van der Waals surface area contributed by atoms with Crippen LogP contribution < -0.4 is 10.6 Å². The van der Waals surface area contributed by atoms with Gasteiger partial charge >= 0.3 is 0 Å². The van der Waals surface area contributed by atoms with Crippen LogP contribution in [0, 0.1) is 6.92 Å². The van der Waals surface area contributed by atoms with Crippen LogP contribution in [0.5, 0.6) is 0 Å². The predicted octanol–water partition coefficient (Wildman–Crippen LogP) is 2.36. The van der Waals surface area contributed by atoms with Crippen molar-refractivity contribution in [3.63, 3.8) is 0 Å². The molecule has 0 spiro atoms. The molecule has 1 aliphatic heterocycles. The van der Waals surface area contributed by atoms with Crippen molar-refractivity contribution in [3.8, 4) is 0 Å². The first kappa shape index (κ1) is 20.5. The Bertz CT molecular complexity index is 560. The zero-order chi connectivity index (χ0) is 16.8. The summed E-state index contributed by atoms with van der Waals surface area (Å²) in [6.45, 7) is 10.8. The first-order chi connectivity index (χ1) is 11.8. The molecule has 25 heavy (non-hydrogen) atoms. The molecule has 2 N–H and O–H groups in total. The summed E-state index contributed by atoms with van der Waals surface area (Å²) in [6, 6.07) is 9.21. The van der Waals surface area contributed by atoms with E-state index in [1.165, 1.54) is 17.5 Å². The summed E-state index contributed by atoms with van der Waals surface area (Å²) in [4.78, 5) is 7.17. The molecule has 1 aromatic carbocycles. The van der Waals surface area contributed by atoms with E-state index in [-0.39, 0.29) is 24.0 Å². The van der Waals surface area contributed by atoms with Gasteiger partial charge in [-0.15, -0.1) is 24.0 Å². The Morgan fingerprint density at radius 3 is 2.76 bits per heavy atom. The van der Waals surface area contributed by atoms with Crippen molar-refractivity contribution in [1.82, 2.24) is 15.5 Å². The highest BCUT2D eigenvalue weighted by atomic mass is 127. The number of ether oxygens (including phenoxy) is 1. The van der Waals surface area contributed by atoms with Crippen LogP contribution in [0.15, 0.2) is 29.3 Å². The van der Waals surface area contributed by atoms with Crippen molar-refractivity contribution >= 4 is 29.9 Å². The number of guanidine groups is 1. The van der Waals surface area contributed by atoms with Crippen LogP contribution in [0.1, 0.15) is 30.4 Å². The molecule has 140 valence electrons. The van der Waals surface area contributed by atoms with Crippen LogP contribution in [0.3, 0.4) is 0 Å². The lowest BCUT2D eigenvalue weighted by molar-refractivity contribution is 0.0394. The fourth-order valence-electron chi connectivity index (χ4n) is 3.32. The first-order valence-electron chi connectivity index (χ1n) is 9.18. The number of aryl methyl sites for hydroxylation is 1. The molecule has 0 aromatic heterocycles. The number of benzene rings is 1. The summed E-state index contributed by atoms with van der Waals surface area (Å²) in [6.07, 6.45) is 1.19. The standard InChI is InChI=1S/C19H30N4O.HI/c1-3-20-19(21-8-9-23-10-12-24-13-11-23)22-18-14-17(18)16-7-5-4-6-15(16)2;/h4-7,17-18H,3,8-14H2,1-2H3,(H2,20,21,22);1H. The number of aliphatic imine (C=N–C) groups is 1. The number of nitrogens with zero attached hydrogens (tertiary/aromatic N) is 2.